The third-order valence-electron chi connectivity index (χ3n) is 5.44. The van der Waals surface area contributed by atoms with E-state index in [2.05, 4.69) is 20.5 Å². The summed E-state index contributed by atoms with van der Waals surface area (Å²) < 4.78 is 40.5. The molecule has 176 valence electrons. The summed E-state index contributed by atoms with van der Waals surface area (Å²) in [5, 5.41) is 6.04. The first-order valence-electron chi connectivity index (χ1n) is 10.8. The van der Waals surface area contributed by atoms with Crippen LogP contribution in [-0.2, 0) is 4.74 Å². The number of benzene rings is 2. The Labute approximate surface area is 194 Å². The number of morpholine rings is 1. The van der Waals surface area contributed by atoms with Crippen LogP contribution in [0.2, 0.25) is 0 Å². The van der Waals surface area contributed by atoms with Crippen LogP contribution in [-0.4, -0.2) is 55.3 Å². The Morgan fingerprint density at radius 3 is 2.85 bits per heavy atom. The number of hydrogen-bond acceptors (Lipinski definition) is 6. The van der Waals surface area contributed by atoms with Crippen LogP contribution in [0.25, 0.3) is 10.2 Å². The average Bonchev–Trinajstić information content (AvgIpc) is 3.18. The Hall–Kier alpha value is -2.82. The van der Waals surface area contributed by atoms with E-state index in [1.807, 2.05) is 0 Å². The molecule has 0 saturated carbocycles. The van der Waals surface area contributed by atoms with Gasteiger partial charge in [0.25, 0.3) is 0 Å². The van der Waals surface area contributed by atoms with Gasteiger partial charge in [0.2, 0.25) is 0 Å². The molecule has 1 atom stereocenters. The summed E-state index contributed by atoms with van der Waals surface area (Å²) in [6.45, 7) is 7.65. The van der Waals surface area contributed by atoms with Crippen LogP contribution >= 0.6 is 11.3 Å². The van der Waals surface area contributed by atoms with Crippen molar-refractivity contribution in [3.8, 4) is 5.75 Å². The molecule has 3 aromatic rings. The van der Waals surface area contributed by atoms with Crippen molar-refractivity contribution in [1.82, 2.24) is 15.2 Å². The minimum atomic E-state index is -0.815. The molecule has 0 spiro atoms. The Morgan fingerprint density at radius 2 is 2.06 bits per heavy atom. The summed E-state index contributed by atoms with van der Waals surface area (Å²) in [7, 11) is 0. The number of thiazole rings is 1. The highest BCUT2D eigenvalue weighted by Gasteiger charge is 2.20. The monoisotopic (exact) mass is 476 g/mol. The zero-order valence-electron chi connectivity index (χ0n) is 18.5. The number of urea groups is 1. The molecule has 2 N–H and O–H groups in total. The van der Waals surface area contributed by atoms with E-state index in [0.717, 1.165) is 37.5 Å². The van der Waals surface area contributed by atoms with Crippen molar-refractivity contribution in [3.63, 3.8) is 0 Å². The van der Waals surface area contributed by atoms with E-state index in [1.165, 1.54) is 23.5 Å². The zero-order valence-corrected chi connectivity index (χ0v) is 19.3. The second-order valence-electron chi connectivity index (χ2n) is 7.84. The highest BCUT2D eigenvalue weighted by Crippen LogP contribution is 2.32. The third-order valence-corrected chi connectivity index (χ3v) is 6.37. The largest absolute Gasteiger partial charge is 0.486 e. The first-order valence-corrected chi connectivity index (χ1v) is 11.6. The number of hydrogen-bond donors (Lipinski definition) is 2. The quantitative estimate of drug-likeness (QED) is 0.526. The molecule has 10 heteroatoms. The maximum atomic E-state index is 14.4. The zero-order chi connectivity index (χ0) is 23.4. The summed E-state index contributed by atoms with van der Waals surface area (Å²) in [5.74, 6) is -0.788. The van der Waals surface area contributed by atoms with Crippen molar-refractivity contribution in [2.75, 3.05) is 44.7 Å². The van der Waals surface area contributed by atoms with Crippen molar-refractivity contribution < 1.29 is 23.0 Å². The van der Waals surface area contributed by atoms with Crippen molar-refractivity contribution >= 4 is 32.7 Å². The predicted octanol–water partition coefficient (Wildman–Crippen LogP) is 4.48. The highest BCUT2D eigenvalue weighted by atomic mass is 32.1. The molecule has 0 bridgehead atoms. The van der Waals surface area contributed by atoms with Crippen LogP contribution in [0.15, 0.2) is 30.3 Å². The van der Waals surface area contributed by atoms with Crippen LogP contribution < -0.4 is 15.4 Å². The fraction of sp³-hybridized carbons (Fsp3) is 0.391. The van der Waals surface area contributed by atoms with Gasteiger partial charge in [0, 0.05) is 26.2 Å². The van der Waals surface area contributed by atoms with Crippen LogP contribution in [0.4, 0.5) is 18.7 Å². The summed E-state index contributed by atoms with van der Waals surface area (Å²) >= 11 is 1.29. The molecular weight excluding hydrogens is 450 g/mol. The van der Waals surface area contributed by atoms with Crippen LogP contribution in [0, 0.1) is 18.6 Å². The summed E-state index contributed by atoms with van der Waals surface area (Å²) in [6, 6.07) is 7.50. The number of nitrogens with one attached hydrogen (secondary N) is 2. The van der Waals surface area contributed by atoms with E-state index in [-0.39, 0.29) is 11.6 Å². The Kier molecular flexibility index (Phi) is 7.36. The van der Waals surface area contributed by atoms with E-state index in [4.69, 9.17) is 9.47 Å². The lowest BCUT2D eigenvalue weighted by Crippen LogP contribution is -2.42. The van der Waals surface area contributed by atoms with Gasteiger partial charge in [0.05, 0.1) is 29.0 Å². The number of amides is 2. The first kappa shape index (κ1) is 23.3. The number of carbonyl (C=O) groups is 1. The fourth-order valence-corrected chi connectivity index (χ4v) is 4.53. The number of ether oxygens (including phenoxy) is 2. The topological polar surface area (TPSA) is 75.7 Å². The third kappa shape index (κ3) is 5.76. The number of aromatic nitrogens is 1. The van der Waals surface area contributed by atoms with Gasteiger partial charge in [-0.15, -0.1) is 0 Å². The molecule has 1 fully saturated rings. The smallest absolute Gasteiger partial charge is 0.321 e. The molecule has 0 radical (unpaired) electrons. The molecule has 1 aliphatic rings. The van der Waals surface area contributed by atoms with E-state index in [9.17, 15) is 13.6 Å². The molecule has 1 aromatic heterocycles. The summed E-state index contributed by atoms with van der Waals surface area (Å²) in [6.07, 6.45) is -0.815. The minimum Gasteiger partial charge on any atom is -0.486 e. The van der Waals surface area contributed by atoms with E-state index >= 15 is 0 Å². The average molecular weight is 477 g/mol. The van der Waals surface area contributed by atoms with Gasteiger partial charge in [-0.05, 0) is 43.7 Å². The summed E-state index contributed by atoms with van der Waals surface area (Å²) in [5.41, 5.74) is 0.950. The predicted molar refractivity (Wildman–Crippen MR) is 124 cm³/mol. The maximum absolute atomic E-state index is 14.4. The number of aryl methyl sites for hydroxylation is 1. The number of carbonyl (C=O) groups excluding carboxylic acids is 1. The molecule has 7 nitrogen and oxygen atoms in total. The summed E-state index contributed by atoms with van der Waals surface area (Å²) in [4.78, 5) is 18.8. The van der Waals surface area contributed by atoms with Gasteiger partial charge in [-0.2, -0.15) is 0 Å². The molecular formula is C23H26F2N4O3S. The van der Waals surface area contributed by atoms with Gasteiger partial charge in [-0.1, -0.05) is 17.4 Å². The number of anilines is 1. The lowest BCUT2D eigenvalue weighted by molar-refractivity contribution is 0.0388. The molecule has 4 rings (SSSR count). The van der Waals surface area contributed by atoms with Gasteiger partial charge in [-0.25, -0.2) is 18.6 Å². The van der Waals surface area contributed by atoms with Gasteiger partial charge >= 0.3 is 6.03 Å². The van der Waals surface area contributed by atoms with Gasteiger partial charge in [0.15, 0.2) is 5.13 Å². The van der Waals surface area contributed by atoms with Gasteiger partial charge < -0.3 is 14.8 Å². The SMILES string of the molecule is Cc1ccc(F)c(C(C)Oc2ccc3nc(NC(=O)NCCN4CCOCC4)sc3c2)c1F. The molecule has 1 saturated heterocycles. The number of fused-ring (bicyclic) bond motifs is 1. The Morgan fingerprint density at radius 1 is 1.27 bits per heavy atom. The highest BCUT2D eigenvalue weighted by molar-refractivity contribution is 7.22. The van der Waals surface area contributed by atoms with E-state index in [0.29, 0.717) is 28.5 Å². The molecule has 2 aromatic carbocycles. The van der Waals surface area contributed by atoms with Gasteiger partial charge in [-0.3, -0.25) is 10.2 Å². The lowest BCUT2D eigenvalue weighted by atomic mass is 10.1. The molecule has 2 amide bonds. The van der Waals surface area contributed by atoms with Crippen LogP contribution in [0.1, 0.15) is 24.2 Å². The molecule has 1 unspecified atom stereocenters. The van der Waals surface area contributed by atoms with Gasteiger partial charge in [0.1, 0.15) is 23.5 Å². The molecule has 2 heterocycles. The molecule has 33 heavy (non-hydrogen) atoms. The Balaban J connectivity index is 1.36. The number of nitrogens with zero attached hydrogens (tertiary/aromatic N) is 2. The molecule has 1 aliphatic heterocycles. The van der Waals surface area contributed by atoms with Crippen molar-refractivity contribution in [2.45, 2.75) is 20.0 Å². The number of halogens is 2. The Bertz CT molecular complexity index is 1130. The fourth-order valence-electron chi connectivity index (χ4n) is 3.64. The van der Waals surface area contributed by atoms with E-state index in [1.54, 1.807) is 32.0 Å². The van der Waals surface area contributed by atoms with Crippen molar-refractivity contribution in [1.29, 1.82) is 0 Å². The lowest BCUT2D eigenvalue weighted by Gasteiger charge is -2.26. The normalized spacial score (nSPS) is 15.4. The van der Waals surface area contributed by atoms with Crippen LogP contribution in [0.5, 0.6) is 5.75 Å². The minimum absolute atomic E-state index is 0.101. The van der Waals surface area contributed by atoms with E-state index < -0.39 is 17.7 Å². The van der Waals surface area contributed by atoms with Crippen LogP contribution in [0.3, 0.4) is 0 Å². The first-order chi connectivity index (χ1) is 15.9. The molecule has 0 aliphatic carbocycles. The maximum Gasteiger partial charge on any atom is 0.321 e. The van der Waals surface area contributed by atoms with Crippen molar-refractivity contribution in [3.05, 3.63) is 53.1 Å². The van der Waals surface area contributed by atoms with Crippen molar-refractivity contribution in [2.24, 2.45) is 0 Å². The standard InChI is InChI=1S/C23H26F2N4O3S/c1-14-3-5-17(24)20(21(14)25)15(2)32-16-4-6-18-19(13-16)33-23(27-18)28-22(30)26-7-8-29-9-11-31-12-10-29/h3-6,13,15H,7-12H2,1-2H3,(H2,26,27,28,30). The second kappa shape index (κ2) is 10.4. The second-order valence-corrected chi connectivity index (χ2v) is 8.87. The number of rotatable bonds is 7.